The third-order valence-electron chi connectivity index (χ3n) is 4.24. The molecule has 1 heterocycles. The number of nitrogens with zero attached hydrogens (tertiary/aromatic N) is 2. The Bertz CT molecular complexity index is 624. The zero-order chi connectivity index (χ0) is 15.4. The van der Waals surface area contributed by atoms with Crippen LogP contribution in [0, 0.1) is 0 Å². The van der Waals surface area contributed by atoms with Crippen molar-refractivity contribution >= 4 is 0 Å². The molecular weight excluding hydrogens is 278 g/mol. The Morgan fingerprint density at radius 2 is 2.27 bits per heavy atom. The number of nitrogens with one attached hydrogen (secondary N) is 1. The summed E-state index contributed by atoms with van der Waals surface area (Å²) in [5.41, 5.74) is 2.84. The Labute approximate surface area is 131 Å². The summed E-state index contributed by atoms with van der Waals surface area (Å²) < 4.78 is 10.5. The maximum Gasteiger partial charge on any atom is 0.227 e. The molecule has 0 radical (unpaired) electrons. The topological polar surface area (TPSA) is 60.2 Å². The molecule has 5 nitrogen and oxygen atoms in total. The molecular formula is C17H23N3O2. The fourth-order valence-corrected chi connectivity index (χ4v) is 2.95. The van der Waals surface area contributed by atoms with Crippen molar-refractivity contribution in [3.63, 3.8) is 0 Å². The molecule has 0 bridgehead atoms. The number of rotatable bonds is 6. The smallest absolute Gasteiger partial charge is 0.227 e. The summed E-state index contributed by atoms with van der Waals surface area (Å²) in [4.78, 5) is 4.34. The van der Waals surface area contributed by atoms with Gasteiger partial charge in [0.2, 0.25) is 5.89 Å². The first-order chi connectivity index (χ1) is 10.8. The number of methoxy groups -OCH3 is 1. The average Bonchev–Trinajstić information content (AvgIpc) is 3.02. The molecule has 0 amide bonds. The van der Waals surface area contributed by atoms with Crippen molar-refractivity contribution in [2.45, 2.75) is 45.1 Å². The van der Waals surface area contributed by atoms with Gasteiger partial charge in [0.25, 0.3) is 0 Å². The van der Waals surface area contributed by atoms with Gasteiger partial charge in [-0.25, -0.2) is 0 Å². The third-order valence-corrected chi connectivity index (χ3v) is 4.24. The van der Waals surface area contributed by atoms with Crippen LogP contribution in [0.4, 0.5) is 0 Å². The molecule has 118 valence electrons. The zero-order valence-corrected chi connectivity index (χ0v) is 13.3. The van der Waals surface area contributed by atoms with Crippen molar-refractivity contribution in [3.05, 3.63) is 41.0 Å². The van der Waals surface area contributed by atoms with Crippen LogP contribution in [0.2, 0.25) is 0 Å². The highest BCUT2D eigenvalue weighted by atomic mass is 16.5. The first-order valence-corrected chi connectivity index (χ1v) is 7.99. The quantitative estimate of drug-likeness (QED) is 0.887. The van der Waals surface area contributed by atoms with E-state index in [9.17, 15) is 0 Å². The molecule has 0 aliphatic heterocycles. The van der Waals surface area contributed by atoms with Crippen molar-refractivity contribution in [3.8, 4) is 5.75 Å². The number of ether oxygens (including phenoxy) is 1. The largest absolute Gasteiger partial charge is 0.497 e. The van der Waals surface area contributed by atoms with Gasteiger partial charge in [0, 0.05) is 25.4 Å². The van der Waals surface area contributed by atoms with E-state index in [1.54, 1.807) is 7.11 Å². The Morgan fingerprint density at radius 1 is 1.36 bits per heavy atom. The molecule has 1 aromatic heterocycles. The predicted molar refractivity (Wildman–Crippen MR) is 84.2 cm³/mol. The summed E-state index contributed by atoms with van der Waals surface area (Å²) in [5, 5.41) is 7.53. The van der Waals surface area contributed by atoms with Gasteiger partial charge >= 0.3 is 0 Å². The molecule has 1 atom stereocenters. The summed E-state index contributed by atoms with van der Waals surface area (Å²) >= 11 is 0. The molecule has 1 aliphatic carbocycles. The lowest BCUT2D eigenvalue weighted by atomic mass is 9.88. The standard InChI is InChI=1S/C17H23N3O2/c1-3-16-19-17(22-20-16)8-9-18-14-6-4-12-5-7-15(21-2)11-13(12)10-14/h5,7,11,14,18H,3-4,6,8-10H2,1-2H3/t14-/m0/s1. The molecule has 22 heavy (non-hydrogen) atoms. The monoisotopic (exact) mass is 301 g/mol. The fraction of sp³-hybridized carbons (Fsp3) is 0.529. The number of hydrogen-bond donors (Lipinski definition) is 1. The lowest BCUT2D eigenvalue weighted by Gasteiger charge is -2.25. The van der Waals surface area contributed by atoms with E-state index >= 15 is 0 Å². The number of benzene rings is 1. The average molecular weight is 301 g/mol. The minimum Gasteiger partial charge on any atom is -0.497 e. The number of aromatic nitrogens is 2. The van der Waals surface area contributed by atoms with Crippen molar-refractivity contribution in [1.82, 2.24) is 15.5 Å². The van der Waals surface area contributed by atoms with Gasteiger partial charge in [0.15, 0.2) is 5.82 Å². The molecule has 3 rings (SSSR count). The van der Waals surface area contributed by atoms with Crippen LogP contribution < -0.4 is 10.1 Å². The van der Waals surface area contributed by atoms with E-state index in [2.05, 4.69) is 27.6 Å². The van der Waals surface area contributed by atoms with E-state index in [1.807, 2.05) is 13.0 Å². The Balaban J connectivity index is 1.51. The number of hydrogen-bond acceptors (Lipinski definition) is 5. The van der Waals surface area contributed by atoms with Crippen molar-refractivity contribution < 1.29 is 9.26 Å². The van der Waals surface area contributed by atoms with Gasteiger partial charge in [0.05, 0.1) is 7.11 Å². The van der Waals surface area contributed by atoms with Gasteiger partial charge in [-0.3, -0.25) is 0 Å². The van der Waals surface area contributed by atoms with Gasteiger partial charge in [-0.1, -0.05) is 18.1 Å². The highest BCUT2D eigenvalue weighted by Gasteiger charge is 2.18. The normalized spacial score (nSPS) is 17.3. The van der Waals surface area contributed by atoms with E-state index in [1.165, 1.54) is 17.5 Å². The van der Waals surface area contributed by atoms with E-state index in [0.29, 0.717) is 6.04 Å². The second-order valence-corrected chi connectivity index (χ2v) is 5.74. The Morgan fingerprint density at radius 3 is 3.05 bits per heavy atom. The molecule has 0 fully saturated rings. The first kappa shape index (κ1) is 15.0. The lowest BCUT2D eigenvalue weighted by Crippen LogP contribution is -2.35. The molecule has 1 aromatic carbocycles. The molecule has 5 heteroatoms. The van der Waals surface area contributed by atoms with Gasteiger partial charge in [-0.2, -0.15) is 4.98 Å². The second-order valence-electron chi connectivity index (χ2n) is 5.74. The highest BCUT2D eigenvalue weighted by molar-refractivity contribution is 5.37. The number of aryl methyl sites for hydroxylation is 2. The van der Waals surface area contributed by atoms with Crippen LogP contribution in [0.1, 0.15) is 36.2 Å². The van der Waals surface area contributed by atoms with Crippen molar-refractivity contribution in [2.24, 2.45) is 0 Å². The molecule has 1 aliphatic rings. The van der Waals surface area contributed by atoms with Crippen LogP contribution in [-0.4, -0.2) is 29.8 Å². The van der Waals surface area contributed by atoms with Crippen LogP contribution in [0.3, 0.4) is 0 Å². The summed E-state index contributed by atoms with van der Waals surface area (Å²) in [5.74, 6) is 2.45. The van der Waals surface area contributed by atoms with Crippen molar-refractivity contribution in [2.75, 3.05) is 13.7 Å². The van der Waals surface area contributed by atoms with Gasteiger partial charge < -0.3 is 14.6 Å². The lowest BCUT2D eigenvalue weighted by molar-refractivity contribution is 0.364. The van der Waals surface area contributed by atoms with Crippen LogP contribution in [0.25, 0.3) is 0 Å². The second kappa shape index (κ2) is 6.92. The minimum atomic E-state index is 0.508. The Kier molecular flexibility index (Phi) is 4.73. The zero-order valence-electron chi connectivity index (χ0n) is 13.3. The molecule has 0 spiro atoms. The number of fused-ring (bicyclic) bond motifs is 1. The van der Waals surface area contributed by atoms with E-state index in [4.69, 9.17) is 9.26 Å². The van der Waals surface area contributed by atoms with Crippen LogP contribution in [0.15, 0.2) is 22.7 Å². The fourth-order valence-electron chi connectivity index (χ4n) is 2.95. The minimum absolute atomic E-state index is 0.508. The molecule has 1 N–H and O–H groups in total. The van der Waals surface area contributed by atoms with Crippen LogP contribution in [0.5, 0.6) is 5.75 Å². The molecule has 0 saturated heterocycles. The molecule has 2 aromatic rings. The summed E-state index contributed by atoms with van der Waals surface area (Å²) in [6.07, 6.45) is 4.95. The summed E-state index contributed by atoms with van der Waals surface area (Å²) in [7, 11) is 1.72. The van der Waals surface area contributed by atoms with E-state index in [0.717, 1.165) is 49.7 Å². The predicted octanol–water partition coefficient (Wildman–Crippen LogP) is 2.33. The van der Waals surface area contributed by atoms with E-state index < -0.39 is 0 Å². The summed E-state index contributed by atoms with van der Waals surface area (Å²) in [6, 6.07) is 6.91. The van der Waals surface area contributed by atoms with Gasteiger partial charge in [-0.15, -0.1) is 0 Å². The SMILES string of the molecule is CCc1noc(CCN[C@H]2CCc3ccc(OC)cc3C2)n1. The van der Waals surface area contributed by atoms with Crippen LogP contribution in [-0.2, 0) is 25.7 Å². The van der Waals surface area contributed by atoms with Gasteiger partial charge in [0.1, 0.15) is 5.75 Å². The van der Waals surface area contributed by atoms with Crippen LogP contribution >= 0.6 is 0 Å². The Hall–Kier alpha value is -1.88. The molecule has 0 unspecified atom stereocenters. The summed E-state index contributed by atoms with van der Waals surface area (Å²) in [6.45, 7) is 2.90. The van der Waals surface area contributed by atoms with Gasteiger partial charge in [-0.05, 0) is 42.5 Å². The molecule has 0 saturated carbocycles. The maximum absolute atomic E-state index is 5.32. The van der Waals surface area contributed by atoms with E-state index in [-0.39, 0.29) is 0 Å². The van der Waals surface area contributed by atoms with Crippen molar-refractivity contribution in [1.29, 1.82) is 0 Å². The highest BCUT2D eigenvalue weighted by Crippen LogP contribution is 2.25. The third kappa shape index (κ3) is 3.47. The maximum atomic E-state index is 5.32. The first-order valence-electron chi connectivity index (χ1n) is 7.99.